The Morgan fingerprint density at radius 3 is 2.45 bits per heavy atom. The molecule has 0 aliphatic carbocycles. The average Bonchev–Trinajstić information content (AvgIpc) is 3.31. The van der Waals surface area contributed by atoms with Crippen LogP contribution in [0.4, 0.5) is 4.39 Å². The van der Waals surface area contributed by atoms with E-state index in [-0.39, 0.29) is 18.3 Å². The Labute approximate surface area is 196 Å². The maximum atomic E-state index is 13.8. The number of amides is 1. The van der Waals surface area contributed by atoms with Gasteiger partial charge < -0.3 is 21.3 Å². The van der Waals surface area contributed by atoms with E-state index in [0.29, 0.717) is 17.5 Å². The maximum absolute atomic E-state index is 13.8. The van der Waals surface area contributed by atoms with Crippen molar-refractivity contribution in [2.24, 2.45) is 11.5 Å². The topological polar surface area (TPSA) is 129 Å². The summed E-state index contributed by atoms with van der Waals surface area (Å²) in [5, 5.41) is 8.08. The molecule has 2 atom stereocenters. The highest BCUT2D eigenvalue weighted by molar-refractivity contribution is 7.06. The minimum absolute atomic E-state index is 0.0485. The first-order chi connectivity index (χ1) is 15.8. The van der Waals surface area contributed by atoms with Gasteiger partial charge in [-0.05, 0) is 60.8 Å². The summed E-state index contributed by atoms with van der Waals surface area (Å²) >= 11 is 1.33. The molecule has 1 aromatic heterocycles. The van der Waals surface area contributed by atoms with Gasteiger partial charge in [-0.2, -0.15) is 4.37 Å². The molecular weight excluding hydrogens is 445 g/mol. The number of carbonyl (C=O) groups is 2. The second-order valence-corrected chi connectivity index (χ2v) is 8.15. The Morgan fingerprint density at radius 1 is 1.24 bits per heavy atom. The van der Waals surface area contributed by atoms with E-state index in [1.165, 1.54) is 29.2 Å². The fraction of sp³-hybridized carbons (Fsp3) is 0.292. The third-order valence-electron chi connectivity index (χ3n) is 4.69. The van der Waals surface area contributed by atoms with E-state index in [4.69, 9.17) is 15.6 Å². The van der Waals surface area contributed by atoms with Crippen LogP contribution in [0.25, 0.3) is 11.3 Å². The van der Waals surface area contributed by atoms with Crippen LogP contribution in [0, 0.1) is 5.82 Å². The van der Waals surface area contributed by atoms with Crippen molar-refractivity contribution in [2.45, 2.75) is 38.8 Å². The summed E-state index contributed by atoms with van der Waals surface area (Å²) in [7, 11) is 0. The highest BCUT2D eigenvalue weighted by Gasteiger charge is 2.14. The number of aryl methyl sites for hydroxylation is 1. The van der Waals surface area contributed by atoms with Gasteiger partial charge in [0.1, 0.15) is 23.7 Å². The number of aromatic nitrogens is 1. The van der Waals surface area contributed by atoms with E-state index < -0.39 is 17.8 Å². The largest absolute Gasteiger partial charge is 0.485 e. The number of ether oxygens (including phenoxy) is 1. The first-order valence-corrected chi connectivity index (χ1v) is 11.2. The van der Waals surface area contributed by atoms with Gasteiger partial charge in [0.15, 0.2) is 6.29 Å². The Balaban J connectivity index is 0.000000479. The highest BCUT2D eigenvalue weighted by Crippen LogP contribution is 2.30. The smallest absolute Gasteiger partial charge is 0.236 e. The number of aldehydes is 1. The van der Waals surface area contributed by atoms with Crippen molar-refractivity contribution < 1.29 is 23.8 Å². The molecule has 0 saturated carbocycles. The van der Waals surface area contributed by atoms with Gasteiger partial charge >= 0.3 is 0 Å². The molecule has 33 heavy (non-hydrogen) atoms. The van der Waals surface area contributed by atoms with Crippen LogP contribution in [-0.4, -0.2) is 34.3 Å². The fourth-order valence-electron chi connectivity index (χ4n) is 2.77. The van der Waals surface area contributed by atoms with Crippen molar-refractivity contribution >= 4 is 23.7 Å². The van der Waals surface area contributed by atoms with Crippen molar-refractivity contribution in [2.75, 3.05) is 6.61 Å². The molecule has 176 valence electrons. The van der Waals surface area contributed by atoms with Crippen LogP contribution >= 0.6 is 11.5 Å². The third-order valence-corrected chi connectivity index (χ3v) is 5.64. The summed E-state index contributed by atoms with van der Waals surface area (Å²) in [6.45, 7) is 3.74. The fourth-order valence-corrected chi connectivity index (χ4v) is 3.50. The number of aliphatic hydroxyl groups excluding tert-OH is 1. The normalized spacial score (nSPS) is 12.3. The molecule has 3 rings (SSSR count). The van der Waals surface area contributed by atoms with E-state index >= 15 is 0 Å². The van der Waals surface area contributed by atoms with Crippen LogP contribution in [0.2, 0.25) is 0 Å². The lowest BCUT2D eigenvalue weighted by molar-refractivity contribution is -0.120. The van der Waals surface area contributed by atoms with Gasteiger partial charge in [-0.15, -0.1) is 0 Å². The van der Waals surface area contributed by atoms with Gasteiger partial charge in [0, 0.05) is 5.56 Å². The molecule has 2 unspecified atom stereocenters. The summed E-state index contributed by atoms with van der Waals surface area (Å²) in [6.07, 6.45) is 2.53. The molecular formula is C24H28FN3O4S. The van der Waals surface area contributed by atoms with Crippen molar-refractivity contribution in [1.82, 2.24) is 4.37 Å². The molecule has 0 bridgehead atoms. The van der Waals surface area contributed by atoms with Gasteiger partial charge in [0.2, 0.25) is 5.91 Å². The standard InChI is InChI=1S/C21H20FNO2S.C3H8N2O2/c1-3-4-15-5-9-18(10-6-15)25-14(2)21-12-20(23-26-21)16-7-8-17(13-24)19(22)11-16;4-2(1-6)3(5)7/h5-14H,3-4H2,1-2H3;2,6H,1,4H2,(H2,5,7). The summed E-state index contributed by atoms with van der Waals surface area (Å²) in [4.78, 5) is 21.6. The number of aliphatic hydroxyl groups is 1. The van der Waals surface area contributed by atoms with Gasteiger partial charge in [0.05, 0.1) is 22.7 Å². The molecule has 3 aromatic rings. The molecule has 0 saturated heterocycles. The van der Waals surface area contributed by atoms with Crippen LogP contribution in [-0.2, 0) is 11.2 Å². The van der Waals surface area contributed by atoms with Crippen LogP contribution in [0.1, 0.15) is 47.2 Å². The molecule has 0 fully saturated rings. The molecule has 7 nitrogen and oxygen atoms in total. The zero-order chi connectivity index (χ0) is 24.4. The predicted octanol–water partition coefficient (Wildman–Crippen LogP) is 3.65. The lowest BCUT2D eigenvalue weighted by Gasteiger charge is -2.13. The number of nitrogens with two attached hydrogens (primary N) is 2. The Morgan fingerprint density at radius 2 is 1.94 bits per heavy atom. The number of nitrogens with zero attached hydrogens (tertiary/aromatic N) is 1. The lowest BCUT2D eigenvalue weighted by atomic mass is 10.1. The van der Waals surface area contributed by atoms with Gasteiger partial charge in [-0.3, -0.25) is 9.59 Å². The number of rotatable bonds is 9. The lowest BCUT2D eigenvalue weighted by Crippen LogP contribution is -2.39. The average molecular weight is 474 g/mol. The summed E-state index contributed by atoms with van der Waals surface area (Å²) in [5.74, 6) is -0.403. The summed E-state index contributed by atoms with van der Waals surface area (Å²) in [5.41, 5.74) is 12.2. The Kier molecular flexibility index (Phi) is 10.1. The minimum Gasteiger partial charge on any atom is -0.485 e. The molecule has 0 spiro atoms. The van der Waals surface area contributed by atoms with Gasteiger partial charge in [-0.1, -0.05) is 31.5 Å². The first-order valence-electron chi connectivity index (χ1n) is 10.4. The first kappa shape index (κ1) is 26.1. The Bertz CT molecular complexity index is 1060. The number of carbonyl (C=O) groups excluding carboxylic acids is 2. The number of hydrogen-bond acceptors (Lipinski definition) is 7. The van der Waals surface area contributed by atoms with Crippen molar-refractivity contribution in [3.8, 4) is 17.0 Å². The molecule has 5 N–H and O–H groups in total. The van der Waals surface area contributed by atoms with E-state index in [1.54, 1.807) is 6.07 Å². The van der Waals surface area contributed by atoms with E-state index in [9.17, 15) is 14.0 Å². The SMILES string of the molecule is CCCc1ccc(OC(C)c2cc(-c3ccc(C=O)c(F)c3)ns2)cc1.NC(=O)C(N)CO. The predicted molar refractivity (Wildman–Crippen MR) is 127 cm³/mol. The number of halogens is 1. The maximum Gasteiger partial charge on any atom is 0.236 e. The molecule has 9 heteroatoms. The van der Waals surface area contributed by atoms with Crippen molar-refractivity contribution in [3.63, 3.8) is 0 Å². The monoisotopic (exact) mass is 473 g/mol. The van der Waals surface area contributed by atoms with Crippen LogP contribution in [0.15, 0.2) is 48.5 Å². The molecule has 2 aromatic carbocycles. The molecule has 1 amide bonds. The number of primary amides is 1. The van der Waals surface area contributed by atoms with Gasteiger partial charge in [0.25, 0.3) is 0 Å². The molecule has 0 radical (unpaired) electrons. The van der Waals surface area contributed by atoms with Gasteiger partial charge in [-0.25, -0.2) is 4.39 Å². The summed E-state index contributed by atoms with van der Waals surface area (Å²) in [6, 6.07) is 13.6. The van der Waals surface area contributed by atoms with Crippen LogP contribution in [0.3, 0.4) is 0 Å². The van der Waals surface area contributed by atoms with Crippen LogP contribution in [0.5, 0.6) is 5.75 Å². The summed E-state index contributed by atoms with van der Waals surface area (Å²) < 4.78 is 24.2. The zero-order valence-corrected chi connectivity index (χ0v) is 19.3. The number of hydrogen-bond donors (Lipinski definition) is 3. The number of benzene rings is 2. The zero-order valence-electron chi connectivity index (χ0n) is 18.5. The highest BCUT2D eigenvalue weighted by atomic mass is 32.1. The van der Waals surface area contributed by atoms with Crippen LogP contribution < -0.4 is 16.2 Å². The van der Waals surface area contributed by atoms with E-state index in [2.05, 4.69) is 29.2 Å². The third kappa shape index (κ3) is 7.74. The molecule has 0 aliphatic rings. The van der Waals surface area contributed by atoms with Crippen molar-refractivity contribution in [3.05, 3.63) is 70.4 Å². The van der Waals surface area contributed by atoms with E-state index in [1.807, 2.05) is 25.1 Å². The minimum atomic E-state index is -0.903. The Hall–Kier alpha value is -3.14. The molecule has 1 heterocycles. The quantitative estimate of drug-likeness (QED) is 0.407. The second-order valence-electron chi connectivity index (χ2n) is 7.31. The molecule has 0 aliphatic heterocycles. The second kappa shape index (κ2) is 12.8. The van der Waals surface area contributed by atoms with Crippen molar-refractivity contribution in [1.29, 1.82) is 0 Å². The van der Waals surface area contributed by atoms with E-state index in [0.717, 1.165) is 23.5 Å².